The van der Waals surface area contributed by atoms with Crippen molar-refractivity contribution in [3.8, 4) is 11.1 Å². The van der Waals surface area contributed by atoms with Crippen LogP contribution in [-0.4, -0.2) is 4.98 Å². The van der Waals surface area contributed by atoms with Crippen LogP contribution in [0.5, 0.6) is 0 Å². The summed E-state index contributed by atoms with van der Waals surface area (Å²) in [5.74, 6) is 0. The molecule has 3 rings (SSSR count). The average Bonchev–Trinajstić information content (AvgIpc) is 2.51. The highest BCUT2D eigenvalue weighted by atomic mass is 14.9. The van der Waals surface area contributed by atoms with Crippen molar-refractivity contribution in [2.75, 3.05) is 11.1 Å². The zero-order valence-electron chi connectivity index (χ0n) is 11.0. The van der Waals surface area contributed by atoms with Crippen LogP contribution in [0, 0.1) is 0 Å². The van der Waals surface area contributed by atoms with E-state index in [-0.39, 0.29) is 0 Å². The van der Waals surface area contributed by atoms with Crippen LogP contribution >= 0.6 is 0 Å². The van der Waals surface area contributed by atoms with Gasteiger partial charge in [-0.1, -0.05) is 48.5 Å². The van der Waals surface area contributed by atoms with Crippen LogP contribution in [0.4, 0.5) is 17.1 Å². The summed E-state index contributed by atoms with van der Waals surface area (Å²) in [5.41, 5.74) is 10.8. The van der Waals surface area contributed by atoms with Crippen LogP contribution in [-0.2, 0) is 0 Å². The van der Waals surface area contributed by atoms with E-state index in [1.807, 2.05) is 42.5 Å². The monoisotopic (exact) mass is 261 g/mol. The molecule has 0 aliphatic carbocycles. The van der Waals surface area contributed by atoms with Gasteiger partial charge in [0.1, 0.15) is 0 Å². The summed E-state index contributed by atoms with van der Waals surface area (Å²) < 4.78 is 0. The van der Waals surface area contributed by atoms with Crippen molar-refractivity contribution in [1.29, 1.82) is 0 Å². The Morgan fingerprint density at radius 1 is 0.800 bits per heavy atom. The molecule has 0 aliphatic heterocycles. The summed E-state index contributed by atoms with van der Waals surface area (Å²) in [6.07, 6.45) is 3.37. The highest BCUT2D eigenvalue weighted by molar-refractivity contribution is 5.83. The van der Waals surface area contributed by atoms with Crippen LogP contribution in [0.15, 0.2) is 73.1 Å². The van der Waals surface area contributed by atoms with Gasteiger partial charge in [-0.15, -0.1) is 0 Å². The second kappa shape index (κ2) is 5.45. The molecule has 0 saturated heterocycles. The molecular formula is C17H15N3. The van der Waals surface area contributed by atoms with Crippen LogP contribution in [0.1, 0.15) is 0 Å². The van der Waals surface area contributed by atoms with E-state index < -0.39 is 0 Å². The van der Waals surface area contributed by atoms with Crippen molar-refractivity contribution in [2.45, 2.75) is 0 Å². The van der Waals surface area contributed by atoms with Gasteiger partial charge in [0.05, 0.1) is 17.6 Å². The second-order valence-corrected chi connectivity index (χ2v) is 4.50. The Bertz CT molecular complexity index is 708. The maximum absolute atomic E-state index is 5.93. The quantitative estimate of drug-likeness (QED) is 0.747. The van der Waals surface area contributed by atoms with Gasteiger partial charge in [-0.05, 0) is 17.7 Å². The third-order valence-corrected chi connectivity index (χ3v) is 3.13. The summed E-state index contributed by atoms with van der Waals surface area (Å²) in [5, 5.41) is 3.37. The van der Waals surface area contributed by atoms with E-state index in [2.05, 4.69) is 28.5 Å². The summed E-state index contributed by atoms with van der Waals surface area (Å²) >= 11 is 0. The van der Waals surface area contributed by atoms with Crippen LogP contribution in [0.25, 0.3) is 11.1 Å². The number of anilines is 3. The molecule has 0 amide bonds. The smallest absolute Gasteiger partial charge is 0.0739 e. The molecule has 20 heavy (non-hydrogen) atoms. The minimum atomic E-state index is 0.635. The minimum absolute atomic E-state index is 0.635. The summed E-state index contributed by atoms with van der Waals surface area (Å²) in [6.45, 7) is 0. The van der Waals surface area contributed by atoms with E-state index in [1.54, 1.807) is 12.4 Å². The van der Waals surface area contributed by atoms with Crippen molar-refractivity contribution in [2.24, 2.45) is 0 Å². The van der Waals surface area contributed by atoms with Gasteiger partial charge < -0.3 is 11.1 Å². The number of para-hydroxylation sites is 1. The van der Waals surface area contributed by atoms with Gasteiger partial charge in [-0.2, -0.15) is 0 Å². The van der Waals surface area contributed by atoms with Crippen molar-refractivity contribution in [3.63, 3.8) is 0 Å². The number of benzene rings is 2. The van der Waals surface area contributed by atoms with Gasteiger partial charge in [-0.3, -0.25) is 4.98 Å². The van der Waals surface area contributed by atoms with Gasteiger partial charge >= 0.3 is 0 Å². The molecule has 98 valence electrons. The zero-order chi connectivity index (χ0) is 13.8. The molecule has 1 aromatic heterocycles. The summed E-state index contributed by atoms with van der Waals surface area (Å²) in [4.78, 5) is 4.00. The number of nitrogen functional groups attached to an aromatic ring is 1. The number of nitrogens with one attached hydrogen (secondary N) is 1. The molecule has 0 unspecified atom stereocenters. The van der Waals surface area contributed by atoms with Gasteiger partial charge in [0.15, 0.2) is 0 Å². The molecule has 2 aromatic carbocycles. The minimum Gasteiger partial charge on any atom is -0.396 e. The Kier molecular flexibility index (Phi) is 3.33. The highest BCUT2D eigenvalue weighted by Gasteiger charge is 2.05. The fraction of sp³-hybridized carbons (Fsp3) is 0. The molecule has 0 aliphatic rings. The van der Waals surface area contributed by atoms with Crippen LogP contribution in [0.3, 0.4) is 0 Å². The number of aromatic nitrogens is 1. The molecule has 3 aromatic rings. The van der Waals surface area contributed by atoms with Crippen LogP contribution < -0.4 is 11.1 Å². The lowest BCUT2D eigenvalue weighted by Crippen LogP contribution is -1.98. The standard InChI is InChI=1S/C17H15N3/c18-15-12-19-11-10-17(15)20-16-9-5-4-8-14(16)13-6-2-1-3-7-13/h1-12H,18H2,(H,19,20). The lowest BCUT2D eigenvalue weighted by atomic mass is 10.0. The first-order chi connectivity index (χ1) is 9.84. The van der Waals surface area contributed by atoms with Gasteiger partial charge in [-0.25, -0.2) is 0 Å². The van der Waals surface area contributed by atoms with Gasteiger partial charge in [0, 0.05) is 17.4 Å². The topological polar surface area (TPSA) is 50.9 Å². The predicted octanol–water partition coefficient (Wildman–Crippen LogP) is 4.07. The zero-order valence-corrected chi connectivity index (χ0v) is 11.0. The first kappa shape index (κ1) is 12.2. The summed E-state index contributed by atoms with van der Waals surface area (Å²) in [6, 6.07) is 20.3. The number of pyridine rings is 1. The van der Waals surface area contributed by atoms with Gasteiger partial charge in [0.25, 0.3) is 0 Å². The first-order valence-electron chi connectivity index (χ1n) is 6.45. The summed E-state index contributed by atoms with van der Waals surface area (Å²) in [7, 11) is 0. The third-order valence-electron chi connectivity index (χ3n) is 3.13. The maximum Gasteiger partial charge on any atom is 0.0739 e. The number of nitrogens with zero attached hydrogens (tertiary/aromatic N) is 1. The fourth-order valence-electron chi connectivity index (χ4n) is 2.13. The Morgan fingerprint density at radius 2 is 1.55 bits per heavy atom. The molecule has 0 fully saturated rings. The molecule has 3 heteroatoms. The van der Waals surface area contributed by atoms with Gasteiger partial charge in [0.2, 0.25) is 0 Å². The Hall–Kier alpha value is -2.81. The number of rotatable bonds is 3. The van der Waals surface area contributed by atoms with E-state index in [4.69, 9.17) is 5.73 Å². The van der Waals surface area contributed by atoms with Crippen molar-refractivity contribution >= 4 is 17.1 Å². The van der Waals surface area contributed by atoms with E-state index in [0.717, 1.165) is 16.9 Å². The molecule has 3 nitrogen and oxygen atoms in total. The molecule has 0 atom stereocenters. The number of nitrogens with two attached hydrogens (primary N) is 1. The SMILES string of the molecule is Nc1cnccc1Nc1ccccc1-c1ccccc1. The molecule has 1 heterocycles. The first-order valence-corrected chi connectivity index (χ1v) is 6.45. The molecule has 3 N–H and O–H groups in total. The lowest BCUT2D eigenvalue weighted by Gasteiger charge is -2.13. The van der Waals surface area contributed by atoms with E-state index in [1.165, 1.54) is 5.56 Å². The third kappa shape index (κ3) is 2.47. The lowest BCUT2D eigenvalue weighted by molar-refractivity contribution is 1.33. The second-order valence-electron chi connectivity index (χ2n) is 4.50. The number of hydrogen-bond acceptors (Lipinski definition) is 3. The van der Waals surface area contributed by atoms with Crippen molar-refractivity contribution < 1.29 is 0 Å². The molecule has 0 saturated carbocycles. The van der Waals surface area contributed by atoms with Crippen LogP contribution in [0.2, 0.25) is 0 Å². The highest BCUT2D eigenvalue weighted by Crippen LogP contribution is 2.31. The molecule has 0 spiro atoms. The van der Waals surface area contributed by atoms with E-state index in [9.17, 15) is 0 Å². The number of hydrogen-bond donors (Lipinski definition) is 2. The van der Waals surface area contributed by atoms with Crippen molar-refractivity contribution in [1.82, 2.24) is 4.98 Å². The maximum atomic E-state index is 5.93. The Morgan fingerprint density at radius 3 is 2.35 bits per heavy atom. The Labute approximate surface area is 118 Å². The Balaban J connectivity index is 2.01. The average molecular weight is 261 g/mol. The van der Waals surface area contributed by atoms with E-state index >= 15 is 0 Å². The molecule has 0 radical (unpaired) electrons. The molecule has 0 bridgehead atoms. The predicted molar refractivity (Wildman–Crippen MR) is 83.8 cm³/mol. The van der Waals surface area contributed by atoms with Crippen molar-refractivity contribution in [3.05, 3.63) is 73.1 Å². The fourth-order valence-corrected chi connectivity index (χ4v) is 2.13. The molecular weight excluding hydrogens is 246 g/mol. The largest absolute Gasteiger partial charge is 0.396 e. The normalized spacial score (nSPS) is 10.2. The van der Waals surface area contributed by atoms with E-state index in [0.29, 0.717) is 5.69 Å².